The van der Waals surface area contributed by atoms with Crippen LogP contribution in [0.5, 0.6) is 0 Å². The van der Waals surface area contributed by atoms with E-state index in [1.165, 1.54) is 6.92 Å². The minimum Gasteiger partial charge on any atom is -0.444 e. The van der Waals surface area contributed by atoms with E-state index in [2.05, 4.69) is 5.32 Å². The van der Waals surface area contributed by atoms with Crippen molar-refractivity contribution in [3.8, 4) is 0 Å². The zero-order valence-electron chi connectivity index (χ0n) is 13.0. The molecule has 0 aliphatic carbocycles. The fourth-order valence-corrected chi connectivity index (χ4v) is 2.23. The number of nitrogens with zero attached hydrogens (tertiary/aromatic N) is 1. The fraction of sp³-hybridized carbons (Fsp3) is 0.375. The van der Waals surface area contributed by atoms with Gasteiger partial charge in [0.15, 0.2) is 5.78 Å². The number of hydrogen-bond donors (Lipinski definition) is 1. The van der Waals surface area contributed by atoms with Crippen LogP contribution in [0.3, 0.4) is 0 Å². The third kappa shape index (κ3) is 3.24. The van der Waals surface area contributed by atoms with Gasteiger partial charge >= 0.3 is 6.09 Å². The van der Waals surface area contributed by atoms with Gasteiger partial charge in [0.25, 0.3) is 0 Å². The molecule has 0 unspecified atom stereocenters. The lowest BCUT2D eigenvalue weighted by molar-refractivity contribution is 0.0636. The summed E-state index contributed by atoms with van der Waals surface area (Å²) in [6.45, 7) is 6.92. The lowest BCUT2D eigenvalue weighted by atomic mass is 10.1. The number of fused-ring (bicyclic) bond motifs is 1. The predicted molar refractivity (Wildman–Crippen MR) is 82.8 cm³/mol. The maximum absolute atomic E-state index is 11.9. The maximum atomic E-state index is 11.9. The van der Waals surface area contributed by atoms with Gasteiger partial charge in [0.05, 0.1) is 11.2 Å². The van der Waals surface area contributed by atoms with E-state index in [0.29, 0.717) is 11.3 Å². The average Bonchev–Trinajstić information content (AvgIpc) is 2.66. The second-order valence-electron chi connectivity index (χ2n) is 6.04. The first kappa shape index (κ1) is 15.1. The molecule has 0 aliphatic heterocycles. The SMILES string of the molecule is CC(=O)c1cn(C)c2cccc(NC(=O)OC(C)(C)C)c12. The predicted octanol–water partition coefficient (Wildman–Crippen LogP) is 3.73. The second-order valence-corrected chi connectivity index (χ2v) is 6.04. The summed E-state index contributed by atoms with van der Waals surface area (Å²) in [6, 6.07) is 5.50. The molecule has 0 fully saturated rings. The molecule has 0 atom stereocenters. The van der Waals surface area contributed by atoms with Gasteiger partial charge in [-0.2, -0.15) is 0 Å². The largest absolute Gasteiger partial charge is 0.444 e. The molecule has 5 nitrogen and oxygen atoms in total. The average molecular weight is 288 g/mol. The molecule has 0 saturated heterocycles. The highest BCUT2D eigenvalue weighted by molar-refractivity contribution is 6.13. The molecule has 1 aromatic carbocycles. The summed E-state index contributed by atoms with van der Waals surface area (Å²) in [5.41, 5.74) is 1.47. The molecule has 2 rings (SSSR count). The maximum Gasteiger partial charge on any atom is 0.412 e. The fourth-order valence-electron chi connectivity index (χ4n) is 2.23. The molecule has 0 aliphatic rings. The number of rotatable bonds is 2. The lowest BCUT2D eigenvalue weighted by Crippen LogP contribution is -2.27. The summed E-state index contributed by atoms with van der Waals surface area (Å²) in [5, 5.41) is 3.46. The third-order valence-electron chi connectivity index (χ3n) is 3.03. The number of aryl methyl sites for hydroxylation is 1. The molecular formula is C16H20N2O3. The Kier molecular flexibility index (Phi) is 3.77. The van der Waals surface area contributed by atoms with E-state index >= 15 is 0 Å². The van der Waals surface area contributed by atoms with Crippen LogP contribution in [-0.2, 0) is 11.8 Å². The Hall–Kier alpha value is -2.30. The standard InChI is InChI=1S/C16H20N2O3/c1-10(19)11-9-18(5)13-8-6-7-12(14(11)13)17-15(20)21-16(2,3)4/h6-9H,1-5H3,(H,17,20). The Morgan fingerprint density at radius 1 is 1.24 bits per heavy atom. The molecule has 0 bridgehead atoms. The lowest BCUT2D eigenvalue weighted by Gasteiger charge is -2.20. The highest BCUT2D eigenvalue weighted by Crippen LogP contribution is 2.29. The number of ether oxygens (including phenoxy) is 1. The zero-order valence-corrected chi connectivity index (χ0v) is 13.0. The number of anilines is 1. The van der Waals surface area contributed by atoms with Gasteiger partial charge in [-0.3, -0.25) is 10.1 Å². The van der Waals surface area contributed by atoms with Gasteiger partial charge in [0.1, 0.15) is 5.60 Å². The Balaban J connectivity index is 2.45. The number of Topliss-reactive ketones (excluding diaryl/α,β-unsaturated/α-hetero) is 1. The van der Waals surface area contributed by atoms with Crippen molar-refractivity contribution < 1.29 is 14.3 Å². The van der Waals surface area contributed by atoms with Crippen LogP contribution in [0.25, 0.3) is 10.9 Å². The summed E-state index contributed by atoms with van der Waals surface area (Å²) < 4.78 is 7.12. The topological polar surface area (TPSA) is 60.3 Å². The molecule has 1 heterocycles. The van der Waals surface area contributed by atoms with Crippen LogP contribution in [0.2, 0.25) is 0 Å². The Morgan fingerprint density at radius 2 is 1.90 bits per heavy atom. The van der Waals surface area contributed by atoms with Crippen molar-refractivity contribution in [1.82, 2.24) is 4.57 Å². The quantitative estimate of drug-likeness (QED) is 0.857. The van der Waals surface area contributed by atoms with Crippen molar-refractivity contribution >= 4 is 28.5 Å². The number of nitrogens with one attached hydrogen (secondary N) is 1. The van der Waals surface area contributed by atoms with Crippen LogP contribution in [0.15, 0.2) is 24.4 Å². The first-order chi connectivity index (χ1) is 9.69. The molecule has 112 valence electrons. The smallest absolute Gasteiger partial charge is 0.412 e. The minimum absolute atomic E-state index is 0.0426. The van der Waals surface area contributed by atoms with E-state index in [9.17, 15) is 9.59 Å². The van der Waals surface area contributed by atoms with Crippen molar-refractivity contribution in [2.75, 3.05) is 5.32 Å². The van der Waals surface area contributed by atoms with E-state index in [1.807, 2.05) is 23.7 Å². The number of aromatic nitrogens is 1. The van der Waals surface area contributed by atoms with Crippen molar-refractivity contribution in [1.29, 1.82) is 0 Å². The van der Waals surface area contributed by atoms with Crippen LogP contribution in [0, 0.1) is 0 Å². The van der Waals surface area contributed by atoms with Crippen LogP contribution in [0.4, 0.5) is 10.5 Å². The molecule has 1 aromatic heterocycles. The molecular weight excluding hydrogens is 268 g/mol. The number of ketones is 1. The van der Waals surface area contributed by atoms with E-state index in [-0.39, 0.29) is 5.78 Å². The molecule has 1 N–H and O–H groups in total. The third-order valence-corrected chi connectivity index (χ3v) is 3.03. The van der Waals surface area contributed by atoms with Gasteiger partial charge in [0.2, 0.25) is 0 Å². The highest BCUT2D eigenvalue weighted by atomic mass is 16.6. The summed E-state index contributed by atoms with van der Waals surface area (Å²) in [5.74, 6) is -0.0426. The molecule has 0 saturated carbocycles. The van der Waals surface area contributed by atoms with Crippen molar-refractivity contribution in [2.45, 2.75) is 33.3 Å². The van der Waals surface area contributed by atoms with Crippen LogP contribution in [0.1, 0.15) is 38.1 Å². The van der Waals surface area contributed by atoms with Crippen LogP contribution in [-0.4, -0.2) is 22.0 Å². The number of carbonyl (C=O) groups excluding carboxylic acids is 2. The van der Waals surface area contributed by atoms with Gasteiger partial charge in [-0.25, -0.2) is 4.79 Å². The molecule has 5 heteroatoms. The summed E-state index contributed by atoms with van der Waals surface area (Å²) in [6.07, 6.45) is 1.24. The summed E-state index contributed by atoms with van der Waals surface area (Å²) in [7, 11) is 1.87. The number of hydrogen-bond acceptors (Lipinski definition) is 3. The van der Waals surface area contributed by atoms with Crippen LogP contribution >= 0.6 is 0 Å². The minimum atomic E-state index is -0.571. The summed E-state index contributed by atoms with van der Waals surface area (Å²) in [4.78, 5) is 23.7. The zero-order chi connectivity index (χ0) is 15.8. The number of amides is 1. The second kappa shape index (κ2) is 5.24. The van der Waals surface area contributed by atoms with Crippen molar-refractivity contribution in [3.05, 3.63) is 30.0 Å². The first-order valence-corrected chi connectivity index (χ1v) is 6.78. The van der Waals surface area contributed by atoms with Gasteiger partial charge in [-0.05, 0) is 39.8 Å². The molecule has 1 amide bonds. The molecule has 0 radical (unpaired) electrons. The van der Waals surface area contributed by atoms with Gasteiger partial charge in [-0.15, -0.1) is 0 Å². The molecule has 0 spiro atoms. The molecule has 2 aromatic rings. The van der Waals surface area contributed by atoms with E-state index < -0.39 is 11.7 Å². The van der Waals surface area contributed by atoms with Crippen molar-refractivity contribution in [2.24, 2.45) is 7.05 Å². The van der Waals surface area contributed by atoms with E-state index in [0.717, 1.165) is 10.9 Å². The van der Waals surface area contributed by atoms with Crippen molar-refractivity contribution in [3.63, 3.8) is 0 Å². The first-order valence-electron chi connectivity index (χ1n) is 6.78. The van der Waals surface area contributed by atoms with Gasteiger partial charge < -0.3 is 9.30 Å². The monoisotopic (exact) mass is 288 g/mol. The normalized spacial score (nSPS) is 11.5. The van der Waals surface area contributed by atoms with E-state index in [1.54, 1.807) is 33.0 Å². The van der Waals surface area contributed by atoms with Gasteiger partial charge in [-0.1, -0.05) is 6.07 Å². The molecule has 21 heavy (non-hydrogen) atoms. The van der Waals surface area contributed by atoms with Crippen LogP contribution < -0.4 is 5.32 Å². The number of benzene rings is 1. The Bertz CT molecular complexity index is 708. The Labute approximate surface area is 123 Å². The summed E-state index contributed by atoms with van der Waals surface area (Å²) >= 11 is 0. The van der Waals surface area contributed by atoms with Gasteiger partial charge in [0, 0.05) is 24.2 Å². The Morgan fingerprint density at radius 3 is 2.48 bits per heavy atom. The van der Waals surface area contributed by atoms with E-state index in [4.69, 9.17) is 4.74 Å². The number of carbonyl (C=O) groups is 2. The highest BCUT2D eigenvalue weighted by Gasteiger charge is 2.19.